The molecule has 5 N–H and O–H groups in total. The maximum Gasteiger partial charge on any atom is 0.0635 e. The summed E-state index contributed by atoms with van der Waals surface area (Å²) < 4.78 is 106. The average Bonchev–Trinajstić information content (AvgIpc) is 0.916. The van der Waals surface area contributed by atoms with Crippen molar-refractivity contribution in [3.05, 3.63) is 0 Å². The van der Waals surface area contributed by atoms with Crippen molar-refractivity contribution < 1.29 is 111 Å². The molecule has 0 fully saturated rings. The van der Waals surface area contributed by atoms with Gasteiger partial charge in [0.2, 0.25) is 0 Å². The van der Waals surface area contributed by atoms with Crippen LogP contribution in [0.4, 0.5) is 0 Å². The number of rotatable bonds is 102. The highest BCUT2D eigenvalue weighted by molar-refractivity contribution is 7.99. The third-order valence-electron chi connectivity index (χ3n) is 18.8. The molecule has 0 aliphatic rings. The van der Waals surface area contributed by atoms with Crippen molar-refractivity contribution in [2.75, 3.05) is 369 Å². The van der Waals surface area contributed by atoms with Crippen molar-refractivity contribution in [3.63, 3.8) is 0 Å². The van der Waals surface area contributed by atoms with E-state index in [1.807, 2.05) is 35.3 Å². The van der Waals surface area contributed by atoms with Crippen LogP contribution in [0.1, 0.15) is 142 Å². The lowest BCUT2D eigenvalue weighted by molar-refractivity contribution is -0.0928. The number of thiol groups is 11. The monoisotopic (exact) mass is 2030 g/mol. The molecule has 744 valence electrons. The fraction of sp³-hybridized carbons (Fsp3) is 1.00. The van der Waals surface area contributed by atoms with Crippen LogP contribution in [0.5, 0.6) is 0 Å². The van der Waals surface area contributed by atoms with Gasteiger partial charge in [-0.25, -0.2) is 0 Å². The lowest BCUT2D eigenvalue weighted by Crippen LogP contribution is -2.41. The zero-order valence-corrected chi connectivity index (χ0v) is 88.2. The molecule has 0 amide bonds. The lowest BCUT2D eigenvalue weighted by Gasteiger charge is -2.32. The van der Waals surface area contributed by atoms with Gasteiger partial charge < -0.3 is 111 Å². The van der Waals surface area contributed by atoms with Gasteiger partial charge in [0.25, 0.3) is 0 Å². The Morgan fingerprint density at radius 3 is 0.390 bits per heavy atom. The summed E-state index contributed by atoms with van der Waals surface area (Å²) >= 11 is 52.3. The Morgan fingerprint density at radius 2 is 0.285 bits per heavy atom. The third-order valence-corrected chi connectivity index (χ3v) is 25.7. The summed E-state index contributed by atoms with van der Waals surface area (Å²) in [6.45, 7) is 23.5. The molecular formula is C86H178O23S14. The van der Waals surface area contributed by atoms with Gasteiger partial charge in [0.15, 0.2) is 0 Å². The van der Waals surface area contributed by atoms with E-state index in [1.165, 1.54) is 0 Å². The second kappa shape index (κ2) is 102. The van der Waals surface area contributed by atoms with Crippen LogP contribution in [0.25, 0.3) is 0 Å². The van der Waals surface area contributed by atoms with Crippen molar-refractivity contribution >= 4 is 174 Å². The largest absolute Gasteiger partial charge is 0.396 e. The van der Waals surface area contributed by atoms with Crippen molar-refractivity contribution in [2.45, 2.75) is 142 Å². The summed E-state index contributed by atoms with van der Waals surface area (Å²) in [6.07, 6.45) is 18.4. The zero-order valence-electron chi connectivity index (χ0n) is 75.9. The minimum atomic E-state index is -0.604. The van der Waals surface area contributed by atoms with Crippen molar-refractivity contribution in [1.82, 2.24) is 0 Å². The van der Waals surface area contributed by atoms with Crippen LogP contribution in [0.2, 0.25) is 0 Å². The Balaban J connectivity index is -0.00000198. The Kier molecular flexibility index (Phi) is 109. The second-order valence-electron chi connectivity index (χ2n) is 31.3. The van der Waals surface area contributed by atoms with Crippen LogP contribution in [0.3, 0.4) is 0 Å². The summed E-state index contributed by atoms with van der Waals surface area (Å²) in [5.74, 6) is 14.6. The molecule has 0 aliphatic carbocycles. The Bertz CT molecular complexity index is 1860. The van der Waals surface area contributed by atoms with Crippen LogP contribution in [-0.2, 0) is 85.3 Å². The molecule has 0 rings (SSSR count). The smallest absolute Gasteiger partial charge is 0.0635 e. The molecule has 0 aromatic carbocycles. The van der Waals surface area contributed by atoms with Crippen molar-refractivity contribution in [1.29, 1.82) is 0 Å². The predicted octanol–water partition coefficient (Wildman–Crippen LogP) is 13.4. The van der Waals surface area contributed by atoms with Gasteiger partial charge in [-0.3, -0.25) is 0 Å². The standard InChI is InChI=1S/C43H88O11S7.C28H58O8S5.C15H32O4S2/c1-2-41(32-46-12-3-21-55,33-47-13-4-22-56)34-51-17-8-26-60-27-10-19-53-39-43(31-45,37-50-16-7-25-59)40-54-20-11-29-61-28-9-18-52-38-42(30-44,35-48-14-5-23-57)36-49-15-6-24-58;29-19-27(21-31-7-1-13-37,22-32-8-2-14-38)25-35-11-5-17-41-18-6-12-36-26-28(20-30,23-33-9-3-15-39)24-34-10-4-16-40;1-2-3-6-17-12-15(11-16,13-18-7-4-9-20)14-19-8-5-10-21/h44-45,55-59H,2-40H2,1H3;29-30,37-40H,1-26H2;16,20-21H,2-14H2,1H3. The number of hydrogen-bond acceptors (Lipinski definition) is 37. The first-order valence-electron chi connectivity index (χ1n) is 45.1. The molecule has 0 aromatic heterocycles. The molecule has 0 spiro atoms. The first kappa shape index (κ1) is 131. The van der Waals surface area contributed by atoms with E-state index < -0.39 is 27.1 Å². The van der Waals surface area contributed by atoms with Crippen molar-refractivity contribution in [2.24, 2.45) is 32.5 Å². The summed E-state index contributed by atoms with van der Waals surface area (Å²) in [4.78, 5) is 0. The molecule has 0 radical (unpaired) electrons. The molecular weight excluding hydrogens is 1850 g/mol. The summed E-state index contributed by atoms with van der Waals surface area (Å²) in [6, 6.07) is 0. The molecule has 0 bridgehead atoms. The number of ether oxygens (including phenoxy) is 18. The average molecular weight is 2030 g/mol. The lowest BCUT2D eigenvalue weighted by atomic mass is 9.88. The fourth-order valence-electron chi connectivity index (χ4n) is 10.9. The van der Waals surface area contributed by atoms with E-state index in [0.29, 0.717) is 238 Å². The van der Waals surface area contributed by atoms with Crippen LogP contribution in [-0.4, -0.2) is 394 Å². The first-order valence-corrected chi connectivity index (χ1v) is 55.5. The number of hydrogen-bond donors (Lipinski definition) is 16. The van der Waals surface area contributed by atoms with Gasteiger partial charge in [-0.1, -0.05) is 20.3 Å². The second-order valence-corrected chi connectivity index (χ2v) is 39.8. The fourth-order valence-corrected chi connectivity index (χ4v) is 14.9. The predicted molar refractivity (Wildman–Crippen MR) is 553 cm³/mol. The molecule has 0 aromatic rings. The van der Waals surface area contributed by atoms with E-state index in [9.17, 15) is 25.5 Å². The number of aliphatic hydroxyl groups excluding tert-OH is 5. The molecule has 23 nitrogen and oxygen atoms in total. The van der Waals surface area contributed by atoms with Gasteiger partial charge in [0.05, 0.1) is 179 Å². The molecule has 0 saturated carbocycles. The quantitative estimate of drug-likeness (QED) is 0.0199. The first-order chi connectivity index (χ1) is 60.2. The van der Waals surface area contributed by atoms with Crippen LogP contribution in [0, 0.1) is 32.5 Å². The van der Waals surface area contributed by atoms with Gasteiger partial charge in [0, 0.05) is 124 Å². The molecule has 1 atom stereocenters. The van der Waals surface area contributed by atoms with E-state index in [4.69, 9.17) is 85.3 Å². The van der Waals surface area contributed by atoms with Crippen LogP contribution >= 0.6 is 174 Å². The normalized spacial score (nSPS) is 12.8. The summed E-state index contributed by atoms with van der Waals surface area (Å²) in [7, 11) is 0. The molecule has 0 aliphatic heterocycles. The Labute approximate surface area is 821 Å². The maximum absolute atomic E-state index is 10.5. The Hall–Kier alpha value is 3.98. The number of aliphatic hydroxyl groups is 5. The number of thioether (sulfide) groups is 3. The van der Waals surface area contributed by atoms with E-state index >= 15 is 0 Å². The van der Waals surface area contributed by atoms with E-state index in [1.54, 1.807) is 0 Å². The van der Waals surface area contributed by atoms with E-state index in [0.717, 1.165) is 226 Å². The topological polar surface area (TPSA) is 267 Å². The Morgan fingerprint density at radius 1 is 0.171 bits per heavy atom. The highest BCUT2D eigenvalue weighted by Crippen LogP contribution is 2.28. The molecule has 0 heterocycles. The zero-order chi connectivity index (χ0) is 91.0. The van der Waals surface area contributed by atoms with Gasteiger partial charge in [-0.05, 0) is 220 Å². The van der Waals surface area contributed by atoms with E-state index in [2.05, 4.69) is 153 Å². The van der Waals surface area contributed by atoms with Crippen molar-refractivity contribution in [3.8, 4) is 0 Å². The highest BCUT2D eigenvalue weighted by atomic mass is 32.2. The van der Waals surface area contributed by atoms with Gasteiger partial charge in [0.1, 0.15) is 0 Å². The summed E-state index contributed by atoms with van der Waals surface area (Å²) in [5, 5.41) is 50.7. The minimum absolute atomic E-state index is 0.000868. The van der Waals surface area contributed by atoms with Crippen LogP contribution in [0.15, 0.2) is 0 Å². The highest BCUT2D eigenvalue weighted by Gasteiger charge is 2.36. The molecule has 123 heavy (non-hydrogen) atoms. The third kappa shape index (κ3) is 81.7. The van der Waals surface area contributed by atoms with Gasteiger partial charge in [-0.2, -0.15) is 174 Å². The summed E-state index contributed by atoms with van der Waals surface area (Å²) in [5.41, 5.74) is -2.90. The molecule has 1 unspecified atom stereocenters. The molecule has 0 saturated heterocycles. The SMILES string of the molecule is CCC(COCCCS)(COCCCS)COCCCSCCCOCC(CO)(COCCCS)COCCCSCCCOCC(CO)(COCCCS)COCCCS.CCCCOCC(CO)(COCCCS)COCCCS.OCC(COCCCS)(COCCCS)COCCCSCCCOCC(CO)(COCCCS)COCCCS. The molecule has 37 heteroatoms. The van der Waals surface area contributed by atoms with Gasteiger partial charge in [-0.15, -0.1) is 0 Å². The number of unbranched alkanes of at least 4 members (excludes halogenated alkanes) is 1. The van der Waals surface area contributed by atoms with Crippen LogP contribution < -0.4 is 0 Å². The van der Waals surface area contributed by atoms with E-state index in [-0.39, 0.29) is 38.4 Å². The minimum Gasteiger partial charge on any atom is -0.396 e. The maximum atomic E-state index is 10.5. The van der Waals surface area contributed by atoms with Gasteiger partial charge >= 0.3 is 0 Å².